The quantitative estimate of drug-likeness (QED) is 0.724. The number of amides is 2. The number of hydrogen-bond donors (Lipinski definition) is 2. The standard InChI is InChI=1S/C19H17N4O2/c20-19(25)15-6-2-1-4-13(15)5-3-7-18(24)23-14-8-9-16-17(12-14)22-11-10-21-16/h1-2,4,6-12H,3,5H2,(H2,20,25)(H,23,24). The van der Waals surface area contributed by atoms with Gasteiger partial charge >= 0.3 is 0 Å². The number of benzene rings is 2. The van der Waals surface area contributed by atoms with Crippen molar-refractivity contribution in [3.63, 3.8) is 0 Å². The van der Waals surface area contributed by atoms with Gasteiger partial charge in [-0.05, 0) is 42.7 Å². The Balaban J connectivity index is 1.57. The highest BCUT2D eigenvalue weighted by atomic mass is 16.1. The molecule has 0 saturated heterocycles. The average Bonchev–Trinajstić information content (AvgIpc) is 2.62. The third-order valence-corrected chi connectivity index (χ3v) is 3.76. The summed E-state index contributed by atoms with van der Waals surface area (Å²) in [6, 6.07) is 12.5. The van der Waals surface area contributed by atoms with Crippen molar-refractivity contribution in [1.82, 2.24) is 9.97 Å². The van der Waals surface area contributed by atoms with Gasteiger partial charge in [-0.2, -0.15) is 0 Å². The number of carbonyl (C=O) groups is 2. The number of aryl methyl sites for hydroxylation is 1. The topological polar surface area (TPSA) is 98.0 Å². The van der Waals surface area contributed by atoms with Crippen LogP contribution in [0.5, 0.6) is 0 Å². The van der Waals surface area contributed by atoms with Gasteiger partial charge in [-0.15, -0.1) is 0 Å². The lowest BCUT2D eigenvalue weighted by Gasteiger charge is -2.07. The van der Waals surface area contributed by atoms with Gasteiger partial charge < -0.3 is 11.1 Å². The predicted molar refractivity (Wildman–Crippen MR) is 95.7 cm³/mol. The van der Waals surface area contributed by atoms with E-state index in [0.717, 1.165) is 16.6 Å². The summed E-state index contributed by atoms with van der Waals surface area (Å²) in [4.78, 5) is 31.8. The van der Waals surface area contributed by atoms with E-state index >= 15 is 0 Å². The van der Waals surface area contributed by atoms with Crippen molar-refractivity contribution < 1.29 is 9.59 Å². The Morgan fingerprint density at radius 3 is 2.60 bits per heavy atom. The molecule has 1 heterocycles. The van der Waals surface area contributed by atoms with Gasteiger partial charge in [0.2, 0.25) is 11.8 Å². The zero-order chi connectivity index (χ0) is 17.6. The molecule has 6 nitrogen and oxygen atoms in total. The molecule has 3 N–H and O–H groups in total. The normalized spacial score (nSPS) is 10.6. The Bertz CT molecular complexity index is 924. The maximum absolute atomic E-state index is 12.1. The van der Waals surface area contributed by atoms with E-state index in [4.69, 9.17) is 5.73 Å². The molecular formula is C19H17N4O2. The first-order valence-corrected chi connectivity index (χ1v) is 7.86. The lowest BCUT2D eigenvalue weighted by Crippen LogP contribution is -2.15. The second-order valence-corrected chi connectivity index (χ2v) is 5.51. The van der Waals surface area contributed by atoms with E-state index < -0.39 is 5.91 Å². The van der Waals surface area contributed by atoms with Crippen LogP contribution in [0.25, 0.3) is 11.0 Å². The number of fused-ring (bicyclic) bond motifs is 1. The Morgan fingerprint density at radius 2 is 1.80 bits per heavy atom. The predicted octanol–water partition coefficient (Wildman–Crippen LogP) is 2.50. The van der Waals surface area contributed by atoms with Gasteiger partial charge in [0.1, 0.15) is 0 Å². The second kappa shape index (κ2) is 7.53. The van der Waals surface area contributed by atoms with Crippen molar-refractivity contribution in [2.75, 3.05) is 5.32 Å². The smallest absolute Gasteiger partial charge is 0.248 e. The van der Waals surface area contributed by atoms with E-state index in [1.54, 1.807) is 49.1 Å². The highest BCUT2D eigenvalue weighted by Crippen LogP contribution is 2.16. The van der Waals surface area contributed by atoms with Crippen LogP contribution in [0.15, 0.2) is 54.9 Å². The number of hydrogen-bond acceptors (Lipinski definition) is 4. The largest absolute Gasteiger partial charge is 0.366 e. The summed E-state index contributed by atoms with van der Waals surface area (Å²) in [7, 11) is 0. The van der Waals surface area contributed by atoms with Crippen LogP contribution in [0.3, 0.4) is 0 Å². The molecule has 0 bridgehead atoms. The van der Waals surface area contributed by atoms with Crippen molar-refractivity contribution >= 4 is 28.5 Å². The molecule has 125 valence electrons. The summed E-state index contributed by atoms with van der Waals surface area (Å²) in [5.41, 5.74) is 8.83. The summed E-state index contributed by atoms with van der Waals surface area (Å²) in [6.45, 7) is 0. The van der Waals surface area contributed by atoms with Gasteiger partial charge in [-0.25, -0.2) is 0 Å². The third kappa shape index (κ3) is 4.17. The number of aromatic nitrogens is 2. The van der Waals surface area contributed by atoms with E-state index in [1.165, 1.54) is 0 Å². The number of carbonyl (C=O) groups excluding carboxylic acids is 2. The Hall–Kier alpha value is -3.28. The zero-order valence-corrected chi connectivity index (χ0v) is 13.5. The SMILES string of the molecule is NC(=O)c1ccccc1CC[CH]C(=O)Nc1ccc2nccnc2c1. The minimum Gasteiger partial charge on any atom is -0.366 e. The summed E-state index contributed by atoms with van der Waals surface area (Å²) >= 11 is 0. The first-order chi connectivity index (χ1) is 12.1. The van der Waals surface area contributed by atoms with Crippen LogP contribution < -0.4 is 11.1 Å². The van der Waals surface area contributed by atoms with Crippen LogP contribution in [-0.4, -0.2) is 21.8 Å². The lowest BCUT2D eigenvalue weighted by atomic mass is 10.0. The molecule has 3 aromatic rings. The van der Waals surface area contributed by atoms with Crippen molar-refractivity contribution in [2.24, 2.45) is 5.73 Å². The minimum atomic E-state index is -0.461. The molecule has 3 rings (SSSR count). The van der Waals surface area contributed by atoms with Crippen molar-refractivity contribution in [3.8, 4) is 0 Å². The lowest BCUT2D eigenvalue weighted by molar-refractivity contribution is -0.113. The van der Waals surface area contributed by atoms with Crippen molar-refractivity contribution in [1.29, 1.82) is 0 Å². The molecule has 0 aliphatic heterocycles. The molecule has 0 saturated carbocycles. The molecule has 1 radical (unpaired) electrons. The Morgan fingerprint density at radius 1 is 1.04 bits per heavy atom. The molecule has 1 aromatic heterocycles. The van der Waals surface area contributed by atoms with E-state index in [2.05, 4.69) is 15.3 Å². The van der Waals surface area contributed by atoms with Gasteiger partial charge in [0.05, 0.1) is 17.5 Å². The van der Waals surface area contributed by atoms with E-state index in [1.807, 2.05) is 12.1 Å². The van der Waals surface area contributed by atoms with Crippen LogP contribution in [0.1, 0.15) is 22.3 Å². The van der Waals surface area contributed by atoms with Crippen molar-refractivity contribution in [3.05, 3.63) is 72.4 Å². The molecule has 0 unspecified atom stereocenters. The minimum absolute atomic E-state index is 0.209. The number of rotatable bonds is 6. The van der Waals surface area contributed by atoms with Gasteiger partial charge in [0, 0.05) is 23.6 Å². The number of nitrogens with two attached hydrogens (primary N) is 1. The molecule has 0 atom stereocenters. The summed E-state index contributed by atoms with van der Waals surface area (Å²) in [5.74, 6) is -0.669. The molecule has 0 aliphatic carbocycles. The zero-order valence-electron chi connectivity index (χ0n) is 13.5. The number of nitrogens with one attached hydrogen (secondary N) is 1. The van der Waals surface area contributed by atoms with Gasteiger partial charge in [-0.1, -0.05) is 18.2 Å². The van der Waals surface area contributed by atoms with Gasteiger partial charge in [-0.3, -0.25) is 19.6 Å². The average molecular weight is 333 g/mol. The summed E-state index contributed by atoms with van der Waals surface area (Å²) < 4.78 is 0. The Labute approximate surface area is 145 Å². The molecule has 0 fully saturated rings. The van der Waals surface area contributed by atoms with Gasteiger partial charge in [0.15, 0.2) is 0 Å². The Kier molecular flexibility index (Phi) is 4.99. The first-order valence-electron chi connectivity index (χ1n) is 7.86. The van der Waals surface area contributed by atoms with Crippen LogP contribution in [0.2, 0.25) is 0 Å². The van der Waals surface area contributed by atoms with Crippen molar-refractivity contribution in [2.45, 2.75) is 12.8 Å². The fourth-order valence-electron chi connectivity index (χ4n) is 2.57. The molecule has 25 heavy (non-hydrogen) atoms. The molecule has 0 spiro atoms. The molecule has 6 heteroatoms. The highest BCUT2D eigenvalue weighted by Gasteiger charge is 2.09. The van der Waals surface area contributed by atoms with E-state index in [-0.39, 0.29) is 5.91 Å². The van der Waals surface area contributed by atoms with Crippen LogP contribution in [0.4, 0.5) is 5.69 Å². The van der Waals surface area contributed by atoms with Crippen LogP contribution in [-0.2, 0) is 11.2 Å². The maximum atomic E-state index is 12.1. The fraction of sp³-hybridized carbons (Fsp3) is 0.105. The number of anilines is 1. The first kappa shape index (κ1) is 16.6. The van der Waals surface area contributed by atoms with E-state index in [9.17, 15) is 9.59 Å². The summed E-state index contributed by atoms with van der Waals surface area (Å²) in [6.07, 6.45) is 5.85. The molecule has 0 aliphatic rings. The maximum Gasteiger partial charge on any atom is 0.248 e. The molecule has 2 amide bonds. The monoisotopic (exact) mass is 333 g/mol. The highest BCUT2D eigenvalue weighted by molar-refractivity contribution is 5.98. The van der Waals surface area contributed by atoms with E-state index in [0.29, 0.717) is 24.1 Å². The fourth-order valence-corrected chi connectivity index (χ4v) is 2.57. The third-order valence-electron chi connectivity index (χ3n) is 3.76. The van der Waals surface area contributed by atoms with Crippen LogP contribution >= 0.6 is 0 Å². The number of nitrogens with zero attached hydrogens (tertiary/aromatic N) is 2. The second-order valence-electron chi connectivity index (χ2n) is 5.51. The van der Waals surface area contributed by atoms with Crippen LogP contribution in [0, 0.1) is 6.42 Å². The summed E-state index contributed by atoms with van der Waals surface area (Å²) in [5, 5.41) is 2.80. The molecular weight excluding hydrogens is 316 g/mol. The van der Waals surface area contributed by atoms with Gasteiger partial charge in [0.25, 0.3) is 0 Å². The number of primary amides is 1. The molecule has 2 aromatic carbocycles.